The molecule has 0 fully saturated rings. The Bertz CT molecular complexity index is 563. The van der Waals surface area contributed by atoms with Gasteiger partial charge < -0.3 is 16.0 Å². The minimum Gasteiger partial charge on any atom is -0.384 e. The lowest BCUT2D eigenvalue weighted by Gasteiger charge is -2.15. The van der Waals surface area contributed by atoms with Gasteiger partial charge in [-0.15, -0.1) is 0 Å². The summed E-state index contributed by atoms with van der Waals surface area (Å²) >= 11 is 0. The summed E-state index contributed by atoms with van der Waals surface area (Å²) in [5.41, 5.74) is 9.12. The first-order valence-electron chi connectivity index (χ1n) is 7.13. The van der Waals surface area contributed by atoms with Crippen molar-refractivity contribution in [1.29, 1.82) is 0 Å². The Balaban J connectivity index is 2.17. The third-order valence-electron chi connectivity index (χ3n) is 3.39. The van der Waals surface area contributed by atoms with Gasteiger partial charge in [0, 0.05) is 49.6 Å². The average molecular weight is 272 g/mol. The number of nitrogens with zero attached hydrogens (tertiary/aromatic N) is 2. The number of benzene rings is 1. The van der Waals surface area contributed by atoms with Crippen LogP contribution in [0.4, 0.5) is 11.4 Å². The van der Waals surface area contributed by atoms with Gasteiger partial charge in [-0.1, -0.05) is 0 Å². The zero-order valence-corrected chi connectivity index (χ0v) is 12.6. The first-order valence-corrected chi connectivity index (χ1v) is 7.13. The van der Waals surface area contributed by atoms with E-state index in [9.17, 15) is 0 Å². The van der Waals surface area contributed by atoms with Gasteiger partial charge >= 0.3 is 0 Å². The monoisotopic (exact) mass is 272 g/mol. The smallest absolute Gasteiger partial charge is 0.0724 e. The number of anilines is 2. The van der Waals surface area contributed by atoms with Crippen LogP contribution in [0.3, 0.4) is 0 Å². The molecule has 0 saturated heterocycles. The Kier molecular flexibility index (Phi) is 4.79. The lowest BCUT2D eigenvalue weighted by atomic mass is 10.1. The number of pyridine rings is 1. The van der Waals surface area contributed by atoms with Gasteiger partial charge in [-0.25, -0.2) is 0 Å². The quantitative estimate of drug-likeness (QED) is 0.794. The van der Waals surface area contributed by atoms with Crippen molar-refractivity contribution in [2.75, 3.05) is 30.9 Å². The minimum atomic E-state index is 0.270. The predicted molar refractivity (Wildman–Crippen MR) is 87.4 cm³/mol. The van der Waals surface area contributed by atoms with Crippen LogP contribution in [0.2, 0.25) is 0 Å². The predicted octanol–water partition coefficient (Wildman–Crippen LogP) is 2.84. The average Bonchev–Trinajstić information content (AvgIpc) is 2.42. The molecule has 2 rings (SSSR count). The molecule has 0 bridgehead atoms. The number of rotatable bonds is 6. The van der Waals surface area contributed by atoms with Gasteiger partial charge in [-0.2, -0.15) is 0 Å². The molecule has 0 aliphatic rings. The molecule has 0 aliphatic carbocycles. The molecule has 1 atom stereocenters. The SMILES string of the molecule is CC(N)CCCNc1ccnc2ccc(N(C)C)cc12. The number of aromatic nitrogens is 1. The molecule has 0 aliphatic heterocycles. The van der Waals surface area contributed by atoms with Gasteiger partial charge in [-0.3, -0.25) is 4.98 Å². The maximum atomic E-state index is 5.77. The molecule has 0 radical (unpaired) electrons. The van der Waals surface area contributed by atoms with E-state index in [0.29, 0.717) is 0 Å². The number of hydrogen-bond donors (Lipinski definition) is 2. The third-order valence-corrected chi connectivity index (χ3v) is 3.39. The number of hydrogen-bond acceptors (Lipinski definition) is 4. The van der Waals surface area contributed by atoms with Crippen molar-refractivity contribution in [1.82, 2.24) is 4.98 Å². The molecule has 0 spiro atoms. The summed E-state index contributed by atoms with van der Waals surface area (Å²) in [6.07, 6.45) is 3.97. The summed E-state index contributed by atoms with van der Waals surface area (Å²) in [6, 6.07) is 8.64. The molecule has 0 amide bonds. The Morgan fingerprint density at radius 1 is 1.30 bits per heavy atom. The van der Waals surface area contributed by atoms with Crippen molar-refractivity contribution in [3.63, 3.8) is 0 Å². The maximum absolute atomic E-state index is 5.77. The summed E-state index contributed by atoms with van der Waals surface area (Å²) in [7, 11) is 4.10. The van der Waals surface area contributed by atoms with Gasteiger partial charge in [0.1, 0.15) is 0 Å². The summed E-state index contributed by atoms with van der Waals surface area (Å²) in [6.45, 7) is 2.98. The van der Waals surface area contributed by atoms with E-state index in [2.05, 4.69) is 33.4 Å². The fraction of sp³-hybridized carbons (Fsp3) is 0.438. The fourth-order valence-electron chi connectivity index (χ4n) is 2.21. The highest BCUT2D eigenvalue weighted by molar-refractivity contribution is 5.93. The number of nitrogens with two attached hydrogens (primary N) is 1. The van der Waals surface area contributed by atoms with Crippen LogP contribution in [0.5, 0.6) is 0 Å². The third kappa shape index (κ3) is 3.61. The van der Waals surface area contributed by atoms with E-state index in [0.717, 1.165) is 30.6 Å². The standard InChI is InChI=1S/C16H24N4/c1-12(17)5-4-9-18-16-8-10-19-15-7-6-13(20(2)3)11-14(15)16/h6-8,10-12H,4-5,9,17H2,1-3H3,(H,18,19). The second kappa shape index (κ2) is 6.57. The van der Waals surface area contributed by atoms with Crippen molar-refractivity contribution < 1.29 is 0 Å². The van der Waals surface area contributed by atoms with Gasteiger partial charge in [0.15, 0.2) is 0 Å². The van der Waals surface area contributed by atoms with Crippen LogP contribution in [0.15, 0.2) is 30.5 Å². The highest BCUT2D eigenvalue weighted by Gasteiger charge is 2.04. The second-order valence-corrected chi connectivity index (χ2v) is 5.50. The van der Waals surface area contributed by atoms with Gasteiger partial charge in [0.2, 0.25) is 0 Å². The Morgan fingerprint density at radius 3 is 2.80 bits per heavy atom. The molecule has 4 heteroatoms. The molecular formula is C16H24N4. The van der Waals surface area contributed by atoms with Crippen LogP contribution in [0.25, 0.3) is 10.9 Å². The Hall–Kier alpha value is -1.81. The van der Waals surface area contributed by atoms with E-state index < -0.39 is 0 Å². The first-order chi connectivity index (χ1) is 9.58. The maximum Gasteiger partial charge on any atom is 0.0724 e. The minimum absolute atomic E-state index is 0.270. The van der Waals surface area contributed by atoms with Crippen LogP contribution in [-0.2, 0) is 0 Å². The van der Waals surface area contributed by atoms with Crippen molar-refractivity contribution in [3.8, 4) is 0 Å². The molecule has 4 nitrogen and oxygen atoms in total. The van der Waals surface area contributed by atoms with Crippen LogP contribution >= 0.6 is 0 Å². The van der Waals surface area contributed by atoms with E-state index in [1.807, 2.05) is 33.3 Å². The molecule has 1 unspecified atom stereocenters. The van der Waals surface area contributed by atoms with Gasteiger partial charge in [-0.05, 0) is 44.0 Å². The van der Waals surface area contributed by atoms with Crippen molar-refractivity contribution in [2.45, 2.75) is 25.8 Å². The van der Waals surface area contributed by atoms with Crippen molar-refractivity contribution in [2.24, 2.45) is 5.73 Å². The molecule has 2 aromatic rings. The normalized spacial score (nSPS) is 12.4. The fourth-order valence-corrected chi connectivity index (χ4v) is 2.21. The molecule has 1 heterocycles. The summed E-state index contributed by atoms with van der Waals surface area (Å²) in [5, 5.41) is 4.66. The topological polar surface area (TPSA) is 54.2 Å². The zero-order chi connectivity index (χ0) is 14.5. The van der Waals surface area contributed by atoms with Gasteiger partial charge in [0.05, 0.1) is 5.52 Å². The van der Waals surface area contributed by atoms with Crippen molar-refractivity contribution >= 4 is 22.3 Å². The Labute approximate surface area is 121 Å². The molecule has 108 valence electrons. The number of fused-ring (bicyclic) bond motifs is 1. The molecular weight excluding hydrogens is 248 g/mol. The first kappa shape index (κ1) is 14.6. The molecule has 20 heavy (non-hydrogen) atoms. The summed E-state index contributed by atoms with van der Waals surface area (Å²) < 4.78 is 0. The van der Waals surface area contributed by atoms with Crippen LogP contribution in [0.1, 0.15) is 19.8 Å². The van der Waals surface area contributed by atoms with E-state index in [4.69, 9.17) is 5.73 Å². The highest BCUT2D eigenvalue weighted by Crippen LogP contribution is 2.25. The van der Waals surface area contributed by atoms with Crippen LogP contribution < -0.4 is 16.0 Å². The molecule has 1 aromatic heterocycles. The van der Waals surface area contributed by atoms with E-state index in [1.54, 1.807) is 0 Å². The second-order valence-electron chi connectivity index (χ2n) is 5.50. The van der Waals surface area contributed by atoms with E-state index >= 15 is 0 Å². The molecule has 1 aromatic carbocycles. The van der Waals surface area contributed by atoms with Crippen molar-refractivity contribution in [3.05, 3.63) is 30.5 Å². The van der Waals surface area contributed by atoms with Crippen LogP contribution in [0, 0.1) is 0 Å². The van der Waals surface area contributed by atoms with Gasteiger partial charge in [0.25, 0.3) is 0 Å². The summed E-state index contributed by atoms with van der Waals surface area (Å²) in [4.78, 5) is 6.52. The summed E-state index contributed by atoms with van der Waals surface area (Å²) in [5.74, 6) is 0. The molecule has 3 N–H and O–H groups in total. The largest absolute Gasteiger partial charge is 0.384 e. The molecule has 0 saturated carbocycles. The number of nitrogens with one attached hydrogen (secondary N) is 1. The lowest BCUT2D eigenvalue weighted by molar-refractivity contribution is 0.639. The van der Waals surface area contributed by atoms with E-state index in [-0.39, 0.29) is 6.04 Å². The zero-order valence-electron chi connectivity index (χ0n) is 12.6. The lowest BCUT2D eigenvalue weighted by Crippen LogP contribution is -2.16. The Morgan fingerprint density at radius 2 is 2.10 bits per heavy atom. The highest BCUT2D eigenvalue weighted by atomic mass is 15.1. The van der Waals surface area contributed by atoms with E-state index in [1.165, 1.54) is 11.1 Å². The van der Waals surface area contributed by atoms with Crippen LogP contribution in [-0.4, -0.2) is 31.7 Å².